The Balaban J connectivity index is 1.23. The predicted molar refractivity (Wildman–Crippen MR) is 107 cm³/mol. The number of ether oxygens (including phenoxy) is 1. The number of amides is 3. The third kappa shape index (κ3) is 2.95. The number of likely N-dealkylation sites (tertiary alicyclic amines) is 1. The molecule has 1 N–H and O–H groups in total. The van der Waals surface area contributed by atoms with Crippen LogP contribution in [-0.2, 0) is 19.1 Å². The lowest BCUT2D eigenvalue weighted by Gasteiger charge is -2.37. The van der Waals surface area contributed by atoms with Crippen LogP contribution in [0.1, 0.15) is 30.6 Å². The van der Waals surface area contributed by atoms with Crippen LogP contribution in [-0.4, -0.2) is 41.2 Å². The second-order valence-electron chi connectivity index (χ2n) is 9.00. The van der Waals surface area contributed by atoms with Crippen molar-refractivity contribution in [1.82, 2.24) is 4.90 Å². The number of nitrogens with zero attached hydrogens (tertiary/aromatic N) is 1. The third-order valence-electron chi connectivity index (χ3n) is 6.80. The normalized spacial score (nSPS) is 32.8. The van der Waals surface area contributed by atoms with E-state index < -0.39 is 11.9 Å². The fourth-order valence-corrected chi connectivity index (χ4v) is 5.49. The summed E-state index contributed by atoms with van der Waals surface area (Å²) in [6.07, 6.45) is 5.12. The Morgan fingerprint density at radius 2 is 1.60 bits per heavy atom. The van der Waals surface area contributed by atoms with Crippen molar-refractivity contribution in [3.05, 3.63) is 42.0 Å². The van der Waals surface area contributed by atoms with E-state index in [1.165, 1.54) is 0 Å². The maximum atomic E-state index is 12.9. The number of carbonyl (C=O) groups excluding carboxylic acids is 4. The van der Waals surface area contributed by atoms with Crippen LogP contribution in [0.4, 0.5) is 5.69 Å². The highest BCUT2D eigenvalue weighted by atomic mass is 16.5. The van der Waals surface area contributed by atoms with Crippen molar-refractivity contribution in [3.8, 4) is 0 Å². The second-order valence-corrected chi connectivity index (χ2v) is 9.00. The Morgan fingerprint density at radius 3 is 2.13 bits per heavy atom. The van der Waals surface area contributed by atoms with E-state index in [2.05, 4.69) is 17.5 Å². The van der Waals surface area contributed by atoms with Gasteiger partial charge in [0.05, 0.1) is 23.5 Å². The SMILES string of the molecule is CC(C)OC(=O)c1ccc(NC(=O)CN2C(=O)[C@H]3[C@@H]4C=C[C@@H]([C@H]5C[C@H]45)[C@@H]3C2=O)cc1. The van der Waals surface area contributed by atoms with Crippen molar-refractivity contribution >= 4 is 29.4 Å². The van der Waals surface area contributed by atoms with Gasteiger partial charge in [0.15, 0.2) is 0 Å². The summed E-state index contributed by atoms with van der Waals surface area (Å²) in [7, 11) is 0. The van der Waals surface area contributed by atoms with Crippen LogP contribution < -0.4 is 5.32 Å². The lowest BCUT2D eigenvalue weighted by Crippen LogP contribution is -2.40. The lowest BCUT2D eigenvalue weighted by molar-refractivity contribution is -0.142. The maximum absolute atomic E-state index is 12.9. The number of esters is 1. The lowest BCUT2D eigenvalue weighted by atomic mass is 9.63. The van der Waals surface area contributed by atoms with E-state index >= 15 is 0 Å². The van der Waals surface area contributed by atoms with Gasteiger partial charge in [0.1, 0.15) is 6.54 Å². The highest BCUT2D eigenvalue weighted by molar-refractivity contribution is 6.09. The minimum Gasteiger partial charge on any atom is -0.459 e. The fraction of sp³-hybridized carbons (Fsp3) is 0.478. The molecule has 156 valence electrons. The number of benzene rings is 1. The summed E-state index contributed by atoms with van der Waals surface area (Å²) >= 11 is 0. The third-order valence-corrected chi connectivity index (χ3v) is 6.80. The molecular formula is C23H24N2O5. The number of allylic oxidation sites excluding steroid dienone is 2. The average molecular weight is 408 g/mol. The number of hydrogen-bond acceptors (Lipinski definition) is 5. The van der Waals surface area contributed by atoms with E-state index in [0.29, 0.717) is 23.1 Å². The van der Waals surface area contributed by atoms with Crippen molar-refractivity contribution < 1.29 is 23.9 Å². The molecule has 0 radical (unpaired) electrons. The monoisotopic (exact) mass is 408 g/mol. The van der Waals surface area contributed by atoms with Crippen molar-refractivity contribution in [2.24, 2.45) is 35.5 Å². The molecule has 1 aliphatic heterocycles. The maximum Gasteiger partial charge on any atom is 0.338 e. The van der Waals surface area contributed by atoms with Gasteiger partial charge in [0, 0.05) is 5.69 Å². The predicted octanol–water partition coefficient (Wildman–Crippen LogP) is 2.24. The quantitative estimate of drug-likeness (QED) is 0.458. The molecule has 6 atom stereocenters. The van der Waals surface area contributed by atoms with Gasteiger partial charge in [0.25, 0.3) is 0 Å². The van der Waals surface area contributed by atoms with E-state index in [1.807, 2.05) is 0 Å². The molecule has 0 unspecified atom stereocenters. The van der Waals surface area contributed by atoms with Gasteiger partial charge in [-0.1, -0.05) is 12.2 Å². The Hall–Kier alpha value is -2.96. The molecule has 1 aromatic carbocycles. The second kappa shape index (κ2) is 6.79. The first-order valence-electron chi connectivity index (χ1n) is 10.5. The summed E-state index contributed by atoms with van der Waals surface area (Å²) in [6, 6.07) is 6.33. The van der Waals surface area contributed by atoms with Gasteiger partial charge >= 0.3 is 5.97 Å². The smallest absolute Gasteiger partial charge is 0.338 e. The zero-order valence-corrected chi connectivity index (χ0v) is 16.9. The fourth-order valence-electron chi connectivity index (χ4n) is 5.49. The largest absolute Gasteiger partial charge is 0.459 e. The van der Waals surface area contributed by atoms with E-state index in [4.69, 9.17) is 4.74 Å². The van der Waals surface area contributed by atoms with Crippen LogP contribution >= 0.6 is 0 Å². The minimum absolute atomic E-state index is 0.146. The number of hydrogen-bond donors (Lipinski definition) is 1. The van der Waals surface area contributed by atoms with E-state index in [-0.39, 0.29) is 48.1 Å². The van der Waals surface area contributed by atoms with Gasteiger partial charge in [-0.25, -0.2) is 4.79 Å². The van der Waals surface area contributed by atoms with Crippen molar-refractivity contribution in [2.75, 3.05) is 11.9 Å². The van der Waals surface area contributed by atoms with Crippen LogP contribution in [0, 0.1) is 35.5 Å². The van der Waals surface area contributed by atoms with Gasteiger partial charge in [-0.3, -0.25) is 19.3 Å². The van der Waals surface area contributed by atoms with Crippen LogP contribution in [0.3, 0.4) is 0 Å². The van der Waals surface area contributed by atoms with E-state index in [9.17, 15) is 19.2 Å². The zero-order valence-electron chi connectivity index (χ0n) is 16.9. The van der Waals surface area contributed by atoms with E-state index in [1.54, 1.807) is 38.1 Å². The first-order valence-corrected chi connectivity index (χ1v) is 10.5. The molecule has 6 rings (SSSR count). The number of imide groups is 1. The number of carbonyl (C=O) groups is 4. The molecule has 7 heteroatoms. The molecule has 1 saturated heterocycles. The minimum atomic E-state index is -0.432. The summed E-state index contributed by atoms with van der Waals surface area (Å²) in [5.41, 5.74) is 0.873. The van der Waals surface area contributed by atoms with Gasteiger partial charge < -0.3 is 10.1 Å². The summed E-state index contributed by atoms with van der Waals surface area (Å²) in [4.78, 5) is 51.4. The summed E-state index contributed by atoms with van der Waals surface area (Å²) in [5, 5.41) is 2.70. The summed E-state index contributed by atoms with van der Waals surface area (Å²) < 4.78 is 5.14. The number of nitrogens with one attached hydrogen (secondary N) is 1. The molecular weight excluding hydrogens is 384 g/mol. The van der Waals surface area contributed by atoms with Crippen LogP contribution in [0.25, 0.3) is 0 Å². The molecule has 7 nitrogen and oxygen atoms in total. The summed E-state index contributed by atoms with van der Waals surface area (Å²) in [5.74, 6) is -0.516. The van der Waals surface area contributed by atoms with Crippen molar-refractivity contribution in [2.45, 2.75) is 26.4 Å². The number of rotatable bonds is 5. The molecule has 2 bridgehead atoms. The molecule has 3 amide bonds. The van der Waals surface area contributed by atoms with Gasteiger partial charge in [-0.15, -0.1) is 0 Å². The Bertz CT molecular complexity index is 930. The molecule has 3 fully saturated rings. The Kier molecular flexibility index (Phi) is 4.31. The van der Waals surface area contributed by atoms with Gasteiger partial charge in [-0.05, 0) is 68.2 Å². The van der Waals surface area contributed by atoms with Crippen LogP contribution in [0.2, 0.25) is 0 Å². The van der Waals surface area contributed by atoms with Crippen molar-refractivity contribution in [3.63, 3.8) is 0 Å². The number of anilines is 1. The van der Waals surface area contributed by atoms with Crippen LogP contribution in [0.15, 0.2) is 36.4 Å². The molecule has 1 aromatic rings. The van der Waals surface area contributed by atoms with E-state index in [0.717, 1.165) is 11.3 Å². The molecule has 1 heterocycles. The first kappa shape index (κ1) is 19.0. The molecule has 0 spiro atoms. The Labute approximate surface area is 174 Å². The summed E-state index contributed by atoms with van der Waals surface area (Å²) in [6.45, 7) is 3.26. The highest BCUT2D eigenvalue weighted by Crippen LogP contribution is 2.65. The average Bonchev–Trinajstić information content (AvgIpc) is 3.49. The standard InChI is InChI=1S/C23H24N2O5/c1-11(2)30-23(29)12-3-5-13(6-4-12)24-18(26)10-25-21(27)19-14-7-8-15(17-9-16(14)17)20(19)22(25)28/h3-8,11,14-17,19-20H,9-10H2,1-2H3,(H,24,26)/t14-,15+,16-,17-,19+,20+/m1/s1. The molecule has 5 aliphatic rings. The van der Waals surface area contributed by atoms with Crippen molar-refractivity contribution in [1.29, 1.82) is 0 Å². The Morgan fingerprint density at radius 1 is 1.03 bits per heavy atom. The molecule has 2 saturated carbocycles. The molecule has 30 heavy (non-hydrogen) atoms. The zero-order chi connectivity index (χ0) is 21.2. The molecule has 4 aliphatic carbocycles. The van der Waals surface area contributed by atoms with Gasteiger partial charge in [-0.2, -0.15) is 0 Å². The highest BCUT2D eigenvalue weighted by Gasteiger charge is 2.67. The first-order chi connectivity index (χ1) is 14.3. The van der Waals surface area contributed by atoms with Gasteiger partial charge in [0.2, 0.25) is 17.7 Å². The molecule has 0 aromatic heterocycles. The van der Waals surface area contributed by atoms with Crippen LogP contribution in [0.5, 0.6) is 0 Å². The topological polar surface area (TPSA) is 92.8 Å².